The van der Waals surface area contributed by atoms with E-state index in [2.05, 4.69) is 20.4 Å². The van der Waals surface area contributed by atoms with Gasteiger partial charge in [-0.25, -0.2) is 15.0 Å². The van der Waals surface area contributed by atoms with Gasteiger partial charge in [-0.3, -0.25) is 4.79 Å². The number of pyridine rings is 1. The van der Waals surface area contributed by atoms with E-state index in [0.29, 0.717) is 23.0 Å². The van der Waals surface area contributed by atoms with Gasteiger partial charge < -0.3 is 10.1 Å². The summed E-state index contributed by atoms with van der Waals surface area (Å²) in [5, 5.41) is 8.27. The van der Waals surface area contributed by atoms with Crippen molar-refractivity contribution in [1.82, 2.24) is 24.7 Å². The first kappa shape index (κ1) is 22.2. The largest absolute Gasteiger partial charge is 0.497 e. The van der Waals surface area contributed by atoms with Gasteiger partial charge in [0.2, 0.25) is 0 Å². The van der Waals surface area contributed by atoms with Crippen molar-refractivity contribution in [1.29, 1.82) is 0 Å². The molecule has 0 unspecified atom stereocenters. The van der Waals surface area contributed by atoms with Crippen molar-refractivity contribution in [2.24, 2.45) is 0 Å². The molecule has 3 heterocycles. The van der Waals surface area contributed by atoms with Gasteiger partial charge in [0.05, 0.1) is 29.6 Å². The Labute approximate surface area is 202 Å². The van der Waals surface area contributed by atoms with Gasteiger partial charge in [-0.2, -0.15) is 9.78 Å². The quantitative estimate of drug-likeness (QED) is 0.391. The number of carbonyl (C=O) groups excluding carboxylic acids is 1. The summed E-state index contributed by atoms with van der Waals surface area (Å²) in [6.45, 7) is 5.66. The molecule has 5 rings (SSSR count). The molecule has 2 aromatic carbocycles. The molecule has 0 fully saturated rings. The van der Waals surface area contributed by atoms with Gasteiger partial charge in [0.25, 0.3) is 11.9 Å². The molecule has 0 aliphatic heterocycles. The van der Waals surface area contributed by atoms with E-state index in [-0.39, 0.29) is 5.91 Å². The minimum Gasteiger partial charge on any atom is -0.497 e. The zero-order valence-corrected chi connectivity index (χ0v) is 19.9. The maximum absolute atomic E-state index is 13.6. The van der Waals surface area contributed by atoms with Crippen LogP contribution in [-0.4, -0.2) is 37.7 Å². The van der Waals surface area contributed by atoms with Crippen molar-refractivity contribution in [3.8, 4) is 23.0 Å². The Morgan fingerprint density at radius 1 is 0.857 bits per heavy atom. The standard InChI is InChI=1S/C27H24N6O2/c1-16-13-17(2)29-27(28-16)33-25(14-18(3)32-33)31-26(34)22-15-24(19-9-11-20(35-4)12-10-19)30-23-8-6-5-7-21(22)23/h5-15H,1-4H3,(H,31,34). The third-order valence-electron chi connectivity index (χ3n) is 5.58. The summed E-state index contributed by atoms with van der Waals surface area (Å²) >= 11 is 0. The first-order chi connectivity index (χ1) is 16.9. The topological polar surface area (TPSA) is 94.8 Å². The highest BCUT2D eigenvalue weighted by Gasteiger charge is 2.18. The number of fused-ring (bicyclic) bond motifs is 1. The van der Waals surface area contributed by atoms with E-state index in [4.69, 9.17) is 9.72 Å². The van der Waals surface area contributed by atoms with Crippen LogP contribution in [0, 0.1) is 20.8 Å². The second-order valence-electron chi connectivity index (χ2n) is 8.29. The number of para-hydroxylation sites is 1. The normalized spacial score (nSPS) is 11.0. The number of hydrogen-bond acceptors (Lipinski definition) is 6. The molecule has 174 valence electrons. The average Bonchev–Trinajstić information content (AvgIpc) is 3.22. The lowest BCUT2D eigenvalue weighted by molar-refractivity contribution is 0.102. The molecule has 0 spiro atoms. The number of anilines is 1. The molecule has 0 atom stereocenters. The van der Waals surface area contributed by atoms with E-state index in [1.54, 1.807) is 23.9 Å². The summed E-state index contributed by atoms with van der Waals surface area (Å²) in [6, 6.07) is 20.7. The number of methoxy groups -OCH3 is 1. The van der Waals surface area contributed by atoms with E-state index in [9.17, 15) is 4.79 Å². The number of aryl methyl sites for hydroxylation is 3. The third kappa shape index (κ3) is 4.46. The molecule has 8 nitrogen and oxygen atoms in total. The van der Waals surface area contributed by atoms with E-state index < -0.39 is 0 Å². The van der Waals surface area contributed by atoms with Crippen LogP contribution in [0.25, 0.3) is 28.1 Å². The fourth-order valence-corrected chi connectivity index (χ4v) is 4.00. The lowest BCUT2D eigenvalue weighted by atomic mass is 10.0. The van der Waals surface area contributed by atoms with Crippen LogP contribution in [0.2, 0.25) is 0 Å². The predicted octanol–water partition coefficient (Wildman–Crippen LogP) is 5.06. The molecule has 5 aromatic rings. The van der Waals surface area contributed by atoms with Crippen LogP contribution in [0.4, 0.5) is 5.82 Å². The smallest absolute Gasteiger partial charge is 0.257 e. The van der Waals surface area contributed by atoms with Gasteiger partial charge >= 0.3 is 0 Å². The van der Waals surface area contributed by atoms with E-state index in [0.717, 1.165) is 39.3 Å². The van der Waals surface area contributed by atoms with E-state index in [1.807, 2.05) is 75.4 Å². The lowest BCUT2D eigenvalue weighted by Crippen LogP contribution is -2.17. The highest BCUT2D eigenvalue weighted by molar-refractivity contribution is 6.13. The fraction of sp³-hybridized carbons (Fsp3) is 0.148. The Hall–Kier alpha value is -4.59. The van der Waals surface area contributed by atoms with Crippen molar-refractivity contribution >= 4 is 22.6 Å². The number of amides is 1. The molecule has 3 aromatic heterocycles. The van der Waals surface area contributed by atoms with Gasteiger partial charge in [0.1, 0.15) is 11.6 Å². The Bertz CT molecular complexity index is 1540. The first-order valence-electron chi connectivity index (χ1n) is 11.2. The molecule has 0 saturated carbocycles. The van der Waals surface area contributed by atoms with Crippen molar-refractivity contribution in [2.45, 2.75) is 20.8 Å². The van der Waals surface area contributed by atoms with Crippen molar-refractivity contribution in [2.75, 3.05) is 12.4 Å². The number of carbonyl (C=O) groups is 1. The summed E-state index contributed by atoms with van der Waals surface area (Å²) in [4.78, 5) is 27.4. The summed E-state index contributed by atoms with van der Waals surface area (Å²) in [5.74, 6) is 1.38. The molecule has 1 N–H and O–H groups in total. The van der Waals surface area contributed by atoms with Crippen molar-refractivity contribution in [3.05, 3.63) is 89.4 Å². The number of hydrogen-bond donors (Lipinski definition) is 1. The molecule has 0 saturated heterocycles. The average molecular weight is 465 g/mol. The predicted molar refractivity (Wildman–Crippen MR) is 135 cm³/mol. The SMILES string of the molecule is COc1ccc(-c2cc(C(=O)Nc3cc(C)nn3-c3nc(C)cc(C)n3)c3ccccc3n2)cc1. The van der Waals surface area contributed by atoms with E-state index >= 15 is 0 Å². The summed E-state index contributed by atoms with van der Waals surface area (Å²) in [6.07, 6.45) is 0. The number of aromatic nitrogens is 5. The van der Waals surface area contributed by atoms with Crippen molar-refractivity contribution < 1.29 is 9.53 Å². The number of rotatable bonds is 5. The zero-order chi connectivity index (χ0) is 24.5. The zero-order valence-electron chi connectivity index (χ0n) is 19.9. The van der Waals surface area contributed by atoms with Crippen LogP contribution in [-0.2, 0) is 0 Å². The first-order valence-corrected chi connectivity index (χ1v) is 11.2. The number of ether oxygens (including phenoxy) is 1. The van der Waals surface area contributed by atoms with Crippen LogP contribution < -0.4 is 10.1 Å². The Kier molecular flexibility index (Phi) is 5.70. The molecule has 8 heteroatoms. The minimum atomic E-state index is -0.274. The Morgan fingerprint density at radius 2 is 1.57 bits per heavy atom. The Balaban J connectivity index is 1.57. The fourth-order valence-electron chi connectivity index (χ4n) is 4.00. The molecule has 0 bridgehead atoms. The van der Waals surface area contributed by atoms with Crippen LogP contribution in [0.3, 0.4) is 0 Å². The summed E-state index contributed by atoms with van der Waals surface area (Å²) < 4.78 is 6.82. The summed E-state index contributed by atoms with van der Waals surface area (Å²) in [5.41, 5.74) is 5.20. The second kappa shape index (κ2) is 8.98. The number of nitrogens with zero attached hydrogens (tertiary/aromatic N) is 5. The highest BCUT2D eigenvalue weighted by atomic mass is 16.5. The molecule has 0 aliphatic rings. The summed E-state index contributed by atoms with van der Waals surface area (Å²) in [7, 11) is 1.63. The minimum absolute atomic E-state index is 0.274. The molecule has 0 aliphatic carbocycles. The maximum atomic E-state index is 13.6. The Morgan fingerprint density at radius 3 is 2.29 bits per heavy atom. The number of benzene rings is 2. The molecule has 35 heavy (non-hydrogen) atoms. The monoisotopic (exact) mass is 464 g/mol. The van der Waals surface area contributed by atoms with Crippen LogP contribution in [0.1, 0.15) is 27.4 Å². The van der Waals surface area contributed by atoms with Gasteiger partial charge in [0, 0.05) is 28.4 Å². The third-order valence-corrected chi connectivity index (χ3v) is 5.58. The number of nitrogens with one attached hydrogen (secondary N) is 1. The van der Waals surface area contributed by atoms with Gasteiger partial charge in [-0.15, -0.1) is 0 Å². The maximum Gasteiger partial charge on any atom is 0.257 e. The highest BCUT2D eigenvalue weighted by Crippen LogP contribution is 2.27. The van der Waals surface area contributed by atoms with Crippen LogP contribution in [0.15, 0.2) is 66.7 Å². The van der Waals surface area contributed by atoms with E-state index in [1.165, 1.54) is 0 Å². The molecule has 1 amide bonds. The van der Waals surface area contributed by atoms with Crippen molar-refractivity contribution in [3.63, 3.8) is 0 Å². The van der Waals surface area contributed by atoms with Gasteiger partial charge in [0.15, 0.2) is 0 Å². The van der Waals surface area contributed by atoms with Crippen LogP contribution >= 0.6 is 0 Å². The molecular formula is C27H24N6O2. The molecular weight excluding hydrogens is 440 g/mol. The molecule has 0 radical (unpaired) electrons. The van der Waals surface area contributed by atoms with Crippen LogP contribution in [0.5, 0.6) is 5.75 Å². The van der Waals surface area contributed by atoms with Gasteiger partial charge in [-0.05, 0) is 63.2 Å². The van der Waals surface area contributed by atoms with Gasteiger partial charge in [-0.1, -0.05) is 18.2 Å². The second-order valence-corrected chi connectivity index (χ2v) is 8.29. The lowest BCUT2D eigenvalue weighted by Gasteiger charge is -2.12.